The Balaban J connectivity index is 1.19. The fraction of sp³-hybridized carbons (Fsp3) is 0.531. The van der Waals surface area contributed by atoms with E-state index in [4.69, 9.17) is 9.15 Å². The highest BCUT2D eigenvalue weighted by Crippen LogP contribution is 2.42. The van der Waals surface area contributed by atoms with Crippen molar-refractivity contribution < 1.29 is 18.7 Å². The third-order valence-corrected chi connectivity index (χ3v) is 9.37. The molecule has 0 spiro atoms. The van der Waals surface area contributed by atoms with Crippen LogP contribution in [0.25, 0.3) is 0 Å². The second-order valence-electron chi connectivity index (χ2n) is 11.9. The highest BCUT2D eigenvalue weighted by atomic mass is 16.5. The average molecular weight is 501 g/mol. The molecule has 2 bridgehead atoms. The molecule has 4 aliphatic rings. The van der Waals surface area contributed by atoms with Crippen molar-refractivity contribution >= 4 is 0 Å². The molecule has 1 aliphatic carbocycles. The quantitative estimate of drug-likeness (QED) is 0.384. The average Bonchev–Trinajstić information content (AvgIpc) is 3.42. The number of nitrogens with zero attached hydrogens (tertiary/aromatic N) is 2. The molecule has 2 atom stereocenters. The predicted molar refractivity (Wildman–Crippen MR) is 141 cm³/mol. The largest absolute Gasteiger partial charge is 0.839 e. The summed E-state index contributed by atoms with van der Waals surface area (Å²) in [4.78, 5) is 4.67. The van der Waals surface area contributed by atoms with E-state index in [1.54, 1.807) is 0 Å². The summed E-state index contributed by atoms with van der Waals surface area (Å²) in [6.45, 7) is 6.89. The lowest BCUT2D eigenvalue weighted by Gasteiger charge is -2.52. The molecule has 196 valence electrons. The van der Waals surface area contributed by atoms with Crippen LogP contribution in [-0.4, -0.2) is 35.2 Å². The maximum absolute atomic E-state index is 14.6. The van der Waals surface area contributed by atoms with Crippen LogP contribution in [0.4, 0.5) is 0 Å². The molecule has 37 heavy (non-hydrogen) atoms. The molecular weight excluding hydrogens is 460 g/mol. The lowest BCUT2D eigenvalue weighted by atomic mass is 9.73. The Morgan fingerprint density at radius 3 is 2.43 bits per heavy atom. The van der Waals surface area contributed by atoms with E-state index >= 15 is 0 Å². The van der Waals surface area contributed by atoms with E-state index in [0.29, 0.717) is 18.4 Å². The van der Waals surface area contributed by atoms with Gasteiger partial charge in [0.25, 0.3) is 0 Å². The van der Waals surface area contributed by atoms with E-state index in [0.717, 1.165) is 67.7 Å². The van der Waals surface area contributed by atoms with Crippen LogP contribution < -0.4 is 5.11 Å². The van der Waals surface area contributed by atoms with E-state index in [2.05, 4.69) is 36.2 Å². The molecule has 1 aromatic heterocycles. The molecule has 7 rings (SSSR count). The number of hydrogen-bond acceptors (Lipinski definition) is 4. The zero-order valence-electron chi connectivity index (χ0n) is 22.1. The normalized spacial score (nSPS) is 27.7. The maximum Gasteiger partial charge on any atom is 0.188 e. The molecule has 5 heteroatoms. The fourth-order valence-corrected chi connectivity index (χ4v) is 7.13. The Kier molecular flexibility index (Phi) is 6.95. The van der Waals surface area contributed by atoms with Gasteiger partial charge in [-0.3, -0.25) is 0 Å². The number of quaternary nitrogens is 1. The molecule has 0 unspecified atom stereocenters. The highest BCUT2D eigenvalue weighted by molar-refractivity contribution is 5.29. The fourth-order valence-electron chi connectivity index (χ4n) is 7.13. The summed E-state index contributed by atoms with van der Waals surface area (Å²) >= 11 is 0. The molecule has 0 amide bonds. The second-order valence-corrected chi connectivity index (χ2v) is 11.9. The third kappa shape index (κ3) is 5.01. The van der Waals surface area contributed by atoms with E-state index in [-0.39, 0.29) is 12.0 Å². The van der Waals surface area contributed by atoms with Crippen molar-refractivity contribution in [2.45, 2.75) is 76.7 Å². The number of aryl methyl sites for hydroxylation is 1. The molecular formula is C32H40N2O3. The first-order valence-corrected chi connectivity index (χ1v) is 14.3. The molecule has 1 saturated carbocycles. The van der Waals surface area contributed by atoms with Crippen molar-refractivity contribution in [1.82, 2.24) is 4.98 Å². The second kappa shape index (κ2) is 10.4. The van der Waals surface area contributed by atoms with Crippen molar-refractivity contribution in [2.24, 2.45) is 11.8 Å². The lowest BCUT2D eigenvalue weighted by molar-refractivity contribution is -0.959. The van der Waals surface area contributed by atoms with Crippen LogP contribution in [0.15, 0.2) is 65.2 Å². The van der Waals surface area contributed by atoms with Crippen LogP contribution in [0.1, 0.15) is 73.3 Å². The Morgan fingerprint density at radius 2 is 1.70 bits per heavy atom. The Morgan fingerprint density at radius 1 is 0.973 bits per heavy atom. The third-order valence-electron chi connectivity index (χ3n) is 9.37. The predicted octanol–water partition coefficient (Wildman–Crippen LogP) is 5.49. The minimum atomic E-state index is -1.42. The van der Waals surface area contributed by atoms with Crippen LogP contribution in [0.5, 0.6) is 0 Å². The summed E-state index contributed by atoms with van der Waals surface area (Å²) in [5.41, 5.74) is 1.88. The first-order valence-electron chi connectivity index (χ1n) is 14.3. The van der Waals surface area contributed by atoms with Crippen LogP contribution in [0, 0.1) is 18.8 Å². The van der Waals surface area contributed by atoms with Gasteiger partial charge in [0, 0.05) is 18.8 Å². The van der Waals surface area contributed by atoms with Gasteiger partial charge in [-0.05, 0) is 29.6 Å². The van der Waals surface area contributed by atoms with Crippen LogP contribution in [-0.2, 0) is 23.5 Å². The lowest BCUT2D eigenvalue weighted by Crippen LogP contribution is -2.63. The molecule has 3 aliphatic heterocycles. The Labute approximate surface area is 221 Å². The summed E-state index contributed by atoms with van der Waals surface area (Å²) in [5.74, 6) is 1.87. The van der Waals surface area contributed by atoms with E-state index < -0.39 is 5.60 Å². The first-order chi connectivity index (χ1) is 18.0. The minimum Gasteiger partial charge on any atom is -0.839 e. The van der Waals surface area contributed by atoms with Gasteiger partial charge < -0.3 is 18.7 Å². The summed E-state index contributed by atoms with van der Waals surface area (Å²) in [7, 11) is 0. The number of oxazole rings is 1. The minimum absolute atomic E-state index is 0.0208. The summed E-state index contributed by atoms with van der Waals surface area (Å²) in [5, 5.41) is 14.6. The van der Waals surface area contributed by atoms with Crippen molar-refractivity contribution in [2.75, 3.05) is 19.6 Å². The topological polar surface area (TPSA) is 58.3 Å². The monoisotopic (exact) mass is 500 g/mol. The van der Waals surface area contributed by atoms with Gasteiger partial charge in [0.15, 0.2) is 11.7 Å². The standard InChI is InChI=1S/C32H40N2O3/c1-24-12-14-25(15-13-24)23-36-30-22-34(18-16-26(30)17-19-34)21-29-20-33-31(37-29)32(35,27-8-4-2-5-9-27)28-10-6-3-7-11-28/h2,4-5,8-9,12-15,20,26,28,30H,3,6-7,10-11,16-19,21-23H2,1H3/t26?,30-,32-,34?/m0/s1. The Hall–Kier alpha value is -2.47. The summed E-state index contributed by atoms with van der Waals surface area (Å²) in [6.07, 6.45) is 9.82. The van der Waals surface area contributed by atoms with Gasteiger partial charge in [-0.2, -0.15) is 0 Å². The first kappa shape index (κ1) is 24.8. The molecule has 0 radical (unpaired) electrons. The van der Waals surface area contributed by atoms with Gasteiger partial charge >= 0.3 is 0 Å². The van der Waals surface area contributed by atoms with Crippen LogP contribution in [0.3, 0.4) is 0 Å². The zero-order chi connectivity index (χ0) is 25.3. The van der Waals surface area contributed by atoms with Crippen molar-refractivity contribution in [1.29, 1.82) is 0 Å². The SMILES string of the molecule is Cc1ccc(CO[C@H]2C[N+]3(Cc4cnc([C@]([O-])(c5ccccc5)C5CCCCC5)o4)CCC2CC3)cc1. The van der Waals surface area contributed by atoms with Crippen molar-refractivity contribution in [3.8, 4) is 0 Å². The van der Waals surface area contributed by atoms with Gasteiger partial charge in [-0.1, -0.05) is 92.3 Å². The van der Waals surface area contributed by atoms with Crippen molar-refractivity contribution in [3.63, 3.8) is 0 Å². The number of aromatic nitrogens is 1. The summed E-state index contributed by atoms with van der Waals surface area (Å²) < 4.78 is 13.9. The number of ether oxygens (including phenoxy) is 1. The number of piperidine rings is 3. The van der Waals surface area contributed by atoms with Crippen LogP contribution >= 0.6 is 0 Å². The highest BCUT2D eigenvalue weighted by Gasteiger charge is 2.47. The van der Waals surface area contributed by atoms with Crippen molar-refractivity contribution in [3.05, 3.63) is 89.1 Å². The molecule has 2 aromatic carbocycles. The smallest absolute Gasteiger partial charge is 0.188 e. The Bertz CT molecular complexity index is 1160. The molecule has 4 heterocycles. The molecule has 3 saturated heterocycles. The van der Waals surface area contributed by atoms with E-state index in [1.165, 1.54) is 30.4 Å². The van der Waals surface area contributed by atoms with Crippen LogP contribution in [0.2, 0.25) is 0 Å². The van der Waals surface area contributed by atoms with Gasteiger partial charge in [-0.25, -0.2) is 4.98 Å². The molecule has 5 nitrogen and oxygen atoms in total. The molecule has 3 aromatic rings. The van der Waals surface area contributed by atoms with E-state index in [9.17, 15) is 5.11 Å². The molecule has 4 fully saturated rings. The van der Waals surface area contributed by atoms with Gasteiger partial charge in [0.1, 0.15) is 19.2 Å². The molecule has 0 N–H and O–H groups in total. The zero-order valence-corrected chi connectivity index (χ0v) is 22.1. The number of hydrogen-bond donors (Lipinski definition) is 0. The maximum atomic E-state index is 14.6. The number of benzene rings is 2. The number of rotatable bonds is 8. The number of fused-ring (bicyclic) bond motifs is 3. The van der Waals surface area contributed by atoms with Gasteiger partial charge in [-0.15, -0.1) is 0 Å². The summed E-state index contributed by atoms with van der Waals surface area (Å²) in [6, 6.07) is 18.5. The van der Waals surface area contributed by atoms with Gasteiger partial charge in [0.05, 0.1) is 25.9 Å². The van der Waals surface area contributed by atoms with E-state index in [1.807, 2.05) is 36.5 Å². The van der Waals surface area contributed by atoms with Gasteiger partial charge in [0.2, 0.25) is 0 Å².